The van der Waals surface area contributed by atoms with E-state index in [1.165, 1.54) is 18.4 Å². The fourth-order valence-corrected chi connectivity index (χ4v) is 5.04. The van der Waals surface area contributed by atoms with Crippen LogP contribution in [0.15, 0.2) is 94.7 Å². The summed E-state index contributed by atoms with van der Waals surface area (Å²) < 4.78 is 16.8. The number of carbonyl (C=O) groups excluding carboxylic acids is 2. The van der Waals surface area contributed by atoms with E-state index in [0.717, 1.165) is 16.7 Å². The number of fused-ring (bicyclic) bond motifs is 1. The summed E-state index contributed by atoms with van der Waals surface area (Å²) in [6.07, 6.45) is 0.377. The number of esters is 1. The van der Waals surface area contributed by atoms with Gasteiger partial charge >= 0.3 is 5.97 Å². The van der Waals surface area contributed by atoms with Gasteiger partial charge in [0.2, 0.25) is 5.78 Å². The molecule has 0 aliphatic carbocycles. The molecule has 2 aromatic heterocycles. The highest BCUT2D eigenvalue weighted by atomic mass is 32.1. The molecule has 8 nitrogen and oxygen atoms in total. The van der Waals surface area contributed by atoms with Crippen molar-refractivity contribution < 1.29 is 23.5 Å². The van der Waals surface area contributed by atoms with Gasteiger partial charge in [0.05, 0.1) is 24.2 Å². The van der Waals surface area contributed by atoms with E-state index in [-0.39, 0.29) is 5.78 Å². The van der Waals surface area contributed by atoms with Gasteiger partial charge in [-0.15, -0.1) is 11.3 Å². The molecule has 0 bridgehead atoms. The number of nitrogens with one attached hydrogen (secondary N) is 1. The standard InChI is InChI=1S/C31H29N3O5S/c1-34(31-33-24-10-6-7-11-27(24)39-31)17-18-38-23-14-12-21(13-15-23)20-26(30(36)37-2)32-25-16-19-40-29(25)28(35)22-8-4-3-5-9-22/h3-16,19,26,32H,17-18,20H2,1-2H3. The monoisotopic (exact) mass is 555 g/mol. The molecule has 1 N–H and O–H groups in total. The summed E-state index contributed by atoms with van der Waals surface area (Å²) in [4.78, 5) is 32.6. The Hall–Kier alpha value is -4.63. The fourth-order valence-electron chi connectivity index (χ4n) is 4.22. The van der Waals surface area contributed by atoms with E-state index < -0.39 is 12.0 Å². The second-order valence-electron chi connectivity index (χ2n) is 9.16. The maximum Gasteiger partial charge on any atom is 0.328 e. The summed E-state index contributed by atoms with van der Waals surface area (Å²) >= 11 is 1.34. The third kappa shape index (κ3) is 6.32. The molecule has 0 aliphatic rings. The molecular formula is C31H29N3O5S. The van der Waals surface area contributed by atoms with Crippen LogP contribution in [0.5, 0.6) is 5.75 Å². The lowest BCUT2D eigenvalue weighted by molar-refractivity contribution is -0.141. The second kappa shape index (κ2) is 12.5. The molecule has 0 amide bonds. The normalized spacial score (nSPS) is 11.7. The van der Waals surface area contributed by atoms with Gasteiger partial charge in [-0.2, -0.15) is 4.98 Å². The zero-order valence-corrected chi connectivity index (χ0v) is 23.0. The molecule has 1 unspecified atom stereocenters. The lowest BCUT2D eigenvalue weighted by Crippen LogP contribution is -2.33. The molecule has 0 fully saturated rings. The molecule has 5 aromatic rings. The molecular weight excluding hydrogens is 526 g/mol. The van der Waals surface area contributed by atoms with E-state index in [1.54, 1.807) is 12.1 Å². The van der Waals surface area contributed by atoms with Crippen LogP contribution in [0.4, 0.5) is 11.7 Å². The highest BCUT2D eigenvalue weighted by Crippen LogP contribution is 2.27. The van der Waals surface area contributed by atoms with Gasteiger partial charge in [0.25, 0.3) is 6.01 Å². The van der Waals surface area contributed by atoms with Gasteiger partial charge in [0, 0.05) is 19.0 Å². The summed E-state index contributed by atoms with van der Waals surface area (Å²) in [7, 11) is 3.26. The van der Waals surface area contributed by atoms with E-state index >= 15 is 0 Å². The average molecular weight is 556 g/mol. The van der Waals surface area contributed by atoms with Gasteiger partial charge in [-0.25, -0.2) is 4.79 Å². The molecule has 40 heavy (non-hydrogen) atoms. The van der Waals surface area contributed by atoms with E-state index in [0.29, 0.717) is 47.5 Å². The fraction of sp³-hybridized carbons (Fsp3) is 0.194. The number of methoxy groups -OCH3 is 1. The molecule has 9 heteroatoms. The highest BCUT2D eigenvalue weighted by Gasteiger charge is 2.23. The molecule has 0 saturated carbocycles. The third-order valence-corrected chi connectivity index (χ3v) is 7.30. The molecule has 0 aliphatic heterocycles. The SMILES string of the molecule is COC(=O)C(Cc1ccc(OCCN(C)c2nc3ccccc3o2)cc1)Nc1ccsc1C(=O)c1ccccc1. The van der Waals surface area contributed by atoms with Gasteiger partial charge in [0.15, 0.2) is 5.58 Å². The zero-order valence-electron chi connectivity index (χ0n) is 22.2. The number of hydrogen-bond acceptors (Lipinski definition) is 9. The van der Waals surface area contributed by atoms with Crippen molar-refractivity contribution in [3.8, 4) is 5.75 Å². The van der Waals surface area contributed by atoms with Crippen LogP contribution in [-0.4, -0.2) is 50.1 Å². The van der Waals surface area contributed by atoms with Gasteiger partial charge in [-0.3, -0.25) is 4.79 Å². The summed E-state index contributed by atoms with van der Waals surface area (Å²) in [5.74, 6) is 0.211. The molecule has 2 heterocycles. The van der Waals surface area contributed by atoms with Crippen LogP contribution in [0.1, 0.15) is 20.8 Å². The summed E-state index contributed by atoms with van der Waals surface area (Å²) in [6.45, 7) is 1.03. The molecule has 0 spiro atoms. The molecule has 5 rings (SSSR count). The smallest absolute Gasteiger partial charge is 0.328 e. The maximum atomic E-state index is 13.0. The number of likely N-dealkylation sites (N-methyl/N-ethyl adjacent to an activating group) is 1. The summed E-state index contributed by atoms with van der Waals surface area (Å²) in [5.41, 5.74) is 3.69. The number of carbonyl (C=O) groups is 2. The van der Waals surface area contributed by atoms with Gasteiger partial charge in [-0.1, -0.05) is 54.6 Å². The van der Waals surface area contributed by atoms with Crippen molar-refractivity contribution >= 4 is 45.9 Å². The number of benzene rings is 3. The number of para-hydroxylation sites is 2. The predicted molar refractivity (Wildman–Crippen MR) is 157 cm³/mol. The number of thiophene rings is 1. The maximum absolute atomic E-state index is 13.0. The second-order valence-corrected chi connectivity index (χ2v) is 10.1. The van der Waals surface area contributed by atoms with Crippen LogP contribution in [0.2, 0.25) is 0 Å². The van der Waals surface area contributed by atoms with Crippen LogP contribution in [0.3, 0.4) is 0 Å². The number of ether oxygens (including phenoxy) is 2. The van der Waals surface area contributed by atoms with Gasteiger partial charge in [-0.05, 0) is 41.3 Å². The number of rotatable bonds is 12. The topological polar surface area (TPSA) is 93.9 Å². The Bertz CT molecular complexity index is 1550. The number of aromatic nitrogens is 1. The van der Waals surface area contributed by atoms with Crippen LogP contribution >= 0.6 is 11.3 Å². The Morgan fingerprint density at radius 2 is 1.75 bits per heavy atom. The lowest BCUT2D eigenvalue weighted by Gasteiger charge is -2.18. The van der Waals surface area contributed by atoms with Crippen LogP contribution < -0.4 is 15.0 Å². The molecule has 204 valence electrons. The van der Waals surface area contributed by atoms with E-state index in [4.69, 9.17) is 13.9 Å². The number of oxazole rings is 1. The number of ketones is 1. The van der Waals surface area contributed by atoms with Crippen molar-refractivity contribution in [1.82, 2.24) is 4.98 Å². The Balaban J connectivity index is 1.18. The van der Waals surface area contributed by atoms with Crippen LogP contribution in [0, 0.1) is 0 Å². The number of nitrogens with zero attached hydrogens (tertiary/aromatic N) is 2. The van der Waals surface area contributed by atoms with Crippen molar-refractivity contribution in [2.75, 3.05) is 37.5 Å². The van der Waals surface area contributed by atoms with E-state index in [2.05, 4.69) is 10.3 Å². The minimum atomic E-state index is -0.668. The molecule has 1 atom stereocenters. The Labute approximate surface area is 236 Å². The Kier molecular flexibility index (Phi) is 8.41. The van der Waals surface area contributed by atoms with Crippen molar-refractivity contribution in [2.24, 2.45) is 0 Å². The first kappa shape index (κ1) is 27.0. The van der Waals surface area contributed by atoms with Crippen LogP contribution in [-0.2, 0) is 16.0 Å². The predicted octanol–water partition coefficient (Wildman–Crippen LogP) is 5.83. The highest BCUT2D eigenvalue weighted by molar-refractivity contribution is 7.13. The Morgan fingerprint density at radius 1 is 1.00 bits per heavy atom. The molecule has 0 radical (unpaired) electrons. The third-order valence-electron chi connectivity index (χ3n) is 6.39. The molecule has 0 saturated heterocycles. The number of hydrogen-bond donors (Lipinski definition) is 1. The molecule has 3 aromatic carbocycles. The summed E-state index contributed by atoms with van der Waals surface area (Å²) in [5, 5.41) is 5.06. The van der Waals surface area contributed by atoms with E-state index in [9.17, 15) is 9.59 Å². The minimum absolute atomic E-state index is 0.0926. The minimum Gasteiger partial charge on any atom is -0.492 e. The summed E-state index contributed by atoms with van der Waals surface area (Å²) in [6, 6.07) is 26.0. The van der Waals surface area contributed by atoms with Crippen LogP contribution in [0.25, 0.3) is 11.1 Å². The Morgan fingerprint density at radius 3 is 2.50 bits per heavy atom. The van der Waals surface area contributed by atoms with Crippen molar-refractivity contribution in [3.05, 3.63) is 106 Å². The quantitative estimate of drug-likeness (QED) is 0.152. The van der Waals surface area contributed by atoms with Gasteiger partial charge in [0.1, 0.15) is 23.9 Å². The first-order valence-corrected chi connectivity index (χ1v) is 13.7. The largest absolute Gasteiger partial charge is 0.492 e. The van der Waals surface area contributed by atoms with Crippen molar-refractivity contribution in [3.63, 3.8) is 0 Å². The number of anilines is 2. The lowest BCUT2D eigenvalue weighted by atomic mass is 10.0. The first-order chi connectivity index (χ1) is 19.5. The first-order valence-electron chi connectivity index (χ1n) is 12.8. The zero-order chi connectivity index (χ0) is 27.9. The van der Waals surface area contributed by atoms with E-state index in [1.807, 2.05) is 90.1 Å². The van der Waals surface area contributed by atoms with Gasteiger partial charge < -0.3 is 24.1 Å². The average Bonchev–Trinajstić information content (AvgIpc) is 3.64. The van der Waals surface area contributed by atoms with Crippen molar-refractivity contribution in [1.29, 1.82) is 0 Å². The van der Waals surface area contributed by atoms with Crippen molar-refractivity contribution in [2.45, 2.75) is 12.5 Å².